The molecule has 1 heterocycles. The zero-order valence-electron chi connectivity index (χ0n) is 9.93. The molecule has 1 aliphatic rings. The van der Waals surface area contributed by atoms with Gasteiger partial charge in [0.1, 0.15) is 0 Å². The van der Waals surface area contributed by atoms with Gasteiger partial charge in [-0.15, -0.1) is 0 Å². The fourth-order valence-electron chi connectivity index (χ4n) is 2.16. The van der Waals surface area contributed by atoms with Crippen molar-refractivity contribution in [3.05, 3.63) is 0 Å². The van der Waals surface area contributed by atoms with Gasteiger partial charge in [0, 0.05) is 18.5 Å². The summed E-state index contributed by atoms with van der Waals surface area (Å²) in [5, 5.41) is 8.60. The molecule has 2 nitrogen and oxygen atoms in total. The molecule has 0 N–H and O–H groups in total. The second kappa shape index (κ2) is 3.90. The summed E-state index contributed by atoms with van der Waals surface area (Å²) >= 11 is 0. The van der Waals surface area contributed by atoms with E-state index in [1.54, 1.807) is 0 Å². The van der Waals surface area contributed by atoms with E-state index in [2.05, 4.69) is 38.7 Å². The van der Waals surface area contributed by atoms with Crippen LogP contribution in [0.5, 0.6) is 0 Å². The fourth-order valence-corrected chi connectivity index (χ4v) is 2.16. The molecule has 0 amide bonds. The van der Waals surface area contributed by atoms with Gasteiger partial charge in [-0.1, -0.05) is 6.92 Å². The first kappa shape index (κ1) is 11.5. The minimum atomic E-state index is 0.282. The van der Waals surface area contributed by atoms with Gasteiger partial charge >= 0.3 is 0 Å². The highest BCUT2D eigenvalue weighted by Gasteiger charge is 2.37. The molecule has 0 spiro atoms. The molecule has 0 aromatic rings. The minimum Gasteiger partial charge on any atom is -0.298 e. The van der Waals surface area contributed by atoms with E-state index < -0.39 is 0 Å². The molecule has 80 valence electrons. The van der Waals surface area contributed by atoms with Crippen LogP contribution in [0.4, 0.5) is 0 Å². The molecule has 14 heavy (non-hydrogen) atoms. The molecule has 0 bridgehead atoms. The molecule has 1 unspecified atom stereocenters. The number of nitriles is 1. The predicted molar refractivity (Wildman–Crippen MR) is 58.9 cm³/mol. The van der Waals surface area contributed by atoms with Gasteiger partial charge in [-0.2, -0.15) is 5.26 Å². The fraction of sp³-hybridized carbons (Fsp3) is 0.917. The van der Waals surface area contributed by atoms with E-state index in [-0.39, 0.29) is 5.54 Å². The van der Waals surface area contributed by atoms with Gasteiger partial charge in [0.25, 0.3) is 0 Å². The first-order valence-corrected chi connectivity index (χ1v) is 5.49. The van der Waals surface area contributed by atoms with Gasteiger partial charge in [0.15, 0.2) is 0 Å². The van der Waals surface area contributed by atoms with Crippen molar-refractivity contribution in [2.24, 2.45) is 5.41 Å². The van der Waals surface area contributed by atoms with Crippen LogP contribution in [0.2, 0.25) is 0 Å². The van der Waals surface area contributed by atoms with Crippen molar-refractivity contribution in [3.63, 3.8) is 0 Å². The van der Waals surface area contributed by atoms with Crippen molar-refractivity contribution in [2.75, 3.05) is 13.1 Å². The summed E-state index contributed by atoms with van der Waals surface area (Å²) < 4.78 is 0. The smallest absolute Gasteiger partial charge is 0.0621 e. The second-order valence-electron chi connectivity index (χ2n) is 5.81. The third-order valence-electron chi connectivity index (χ3n) is 3.35. The molecule has 0 saturated carbocycles. The molecular formula is C12H22N2. The Morgan fingerprint density at radius 1 is 1.43 bits per heavy atom. The Morgan fingerprint density at radius 2 is 2.07 bits per heavy atom. The average molecular weight is 194 g/mol. The summed E-state index contributed by atoms with van der Waals surface area (Å²) in [7, 11) is 0. The van der Waals surface area contributed by atoms with E-state index in [1.807, 2.05) is 0 Å². The van der Waals surface area contributed by atoms with Crippen LogP contribution in [0.25, 0.3) is 0 Å². The van der Waals surface area contributed by atoms with Crippen molar-refractivity contribution in [2.45, 2.75) is 52.5 Å². The van der Waals surface area contributed by atoms with Crippen molar-refractivity contribution in [1.29, 1.82) is 5.26 Å². The molecule has 1 saturated heterocycles. The quantitative estimate of drug-likeness (QED) is 0.676. The third-order valence-corrected chi connectivity index (χ3v) is 3.35. The normalized spacial score (nSPS) is 29.1. The van der Waals surface area contributed by atoms with Crippen LogP contribution < -0.4 is 0 Å². The van der Waals surface area contributed by atoms with Gasteiger partial charge in [-0.3, -0.25) is 4.90 Å². The maximum atomic E-state index is 8.60. The van der Waals surface area contributed by atoms with Crippen LogP contribution in [0, 0.1) is 16.7 Å². The lowest BCUT2D eigenvalue weighted by Crippen LogP contribution is -2.40. The van der Waals surface area contributed by atoms with Crippen molar-refractivity contribution < 1.29 is 0 Å². The number of hydrogen-bond acceptors (Lipinski definition) is 2. The Hall–Kier alpha value is -0.550. The van der Waals surface area contributed by atoms with E-state index in [1.165, 1.54) is 13.0 Å². The standard InChI is InChI=1S/C12H22N2/c1-11(2,3)14-9-7-12(4,10-14)6-5-8-13/h5-7,9-10H2,1-4H3. The van der Waals surface area contributed by atoms with Crippen molar-refractivity contribution in [3.8, 4) is 6.07 Å². The first-order valence-electron chi connectivity index (χ1n) is 5.49. The van der Waals surface area contributed by atoms with Gasteiger partial charge in [-0.05, 0) is 45.6 Å². The minimum absolute atomic E-state index is 0.282. The Balaban J connectivity index is 2.52. The molecule has 2 heteroatoms. The van der Waals surface area contributed by atoms with Gasteiger partial charge < -0.3 is 0 Å². The molecule has 0 aliphatic carbocycles. The van der Waals surface area contributed by atoms with Crippen molar-refractivity contribution >= 4 is 0 Å². The zero-order valence-corrected chi connectivity index (χ0v) is 9.93. The summed E-state index contributed by atoms with van der Waals surface area (Å²) in [5.74, 6) is 0. The van der Waals surface area contributed by atoms with Gasteiger partial charge in [0.05, 0.1) is 6.07 Å². The monoisotopic (exact) mass is 194 g/mol. The molecule has 0 aromatic heterocycles. The Bertz CT molecular complexity index is 234. The molecular weight excluding hydrogens is 172 g/mol. The summed E-state index contributed by atoms with van der Waals surface area (Å²) in [5.41, 5.74) is 0.660. The molecule has 1 atom stereocenters. The third kappa shape index (κ3) is 2.72. The topological polar surface area (TPSA) is 27.0 Å². The average Bonchev–Trinajstić information content (AvgIpc) is 2.45. The predicted octanol–water partition coefficient (Wildman–Crippen LogP) is 2.80. The van der Waals surface area contributed by atoms with Crippen LogP contribution >= 0.6 is 0 Å². The van der Waals surface area contributed by atoms with Crippen LogP contribution in [0.15, 0.2) is 0 Å². The van der Waals surface area contributed by atoms with E-state index in [0.29, 0.717) is 11.8 Å². The van der Waals surface area contributed by atoms with Crippen molar-refractivity contribution in [1.82, 2.24) is 4.90 Å². The van der Waals surface area contributed by atoms with E-state index >= 15 is 0 Å². The highest BCUT2D eigenvalue weighted by Crippen LogP contribution is 2.37. The molecule has 0 aromatic carbocycles. The van der Waals surface area contributed by atoms with Crippen LogP contribution in [0.3, 0.4) is 0 Å². The van der Waals surface area contributed by atoms with Crippen LogP contribution in [0.1, 0.15) is 47.0 Å². The second-order valence-corrected chi connectivity index (χ2v) is 5.81. The zero-order chi connectivity index (χ0) is 10.8. The number of hydrogen-bond donors (Lipinski definition) is 0. The summed E-state index contributed by atoms with van der Waals surface area (Å²) in [6.07, 6.45) is 3.00. The van der Waals surface area contributed by atoms with Gasteiger partial charge in [0.2, 0.25) is 0 Å². The summed E-state index contributed by atoms with van der Waals surface area (Å²) in [4.78, 5) is 2.53. The highest BCUT2D eigenvalue weighted by atomic mass is 15.2. The lowest BCUT2D eigenvalue weighted by molar-refractivity contribution is 0.150. The summed E-state index contributed by atoms with van der Waals surface area (Å²) in [6, 6.07) is 2.25. The van der Waals surface area contributed by atoms with Crippen LogP contribution in [-0.4, -0.2) is 23.5 Å². The molecule has 1 fully saturated rings. The van der Waals surface area contributed by atoms with E-state index in [4.69, 9.17) is 5.26 Å². The summed E-state index contributed by atoms with van der Waals surface area (Å²) in [6.45, 7) is 11.5. The lowest BCUT2D eigenvalue weighted by atomic mass is 9.85. The number of nitrogens with zero attached hydrogens (tertiary/aromatic N) is 2. The van der Waals surface area contributed by atoms with Crippen LogP contribution in [-0.2, 0) is 0 Å². The Morgan fingerprint density at radius 3 is 2.50 bits per heavy atom. The van der Waals surface area contributed by atoms with E-state index in [9.17, 15) is 0 Å². The highest BCUT2D eigenvalue weighted by molar-refractivity contribution is 4.93. The number of rotatable bonds is 2. The Labute approximate surface area is 87.9 Å². The largest absolute Gasteiger partial charge is 0.298 e. The SMILES string of the molecule is CC1(CCC#N)CCN(C(C)(C)C)C1. The van der Waals surface area contributed by atoms with Gasteiger partial charge in [-0.25, -0.2) is 0 Å². The molecule has 1 aliphatic heterocycles. The Kier molecular flexibility index (Phi) is 3.21. The maximum Gasteiger partial charge on any atom is 0.0621 e. The molecule has 1 rings (SSSR count). The number of likely N-dealkylation sites (tertiary alicyclic amines) is 1. The maximum absolute atomic E-state index is 8.60. The van der Waals surface area contributed by atoms with E-state index in [0.717, 1.165) is 13.0 Å². The lowest BCUT2D eigenvalue weighted by Gasteiger charge is -2.33. The molecule has 0 radical (unpaired) electrons. The first-order chi connectivity index (χ1) is 6.37.